The van der Waals surface area contributed by atoms with Gasteiger partial charge in [0.1, 0.15) is 0 Å². The summed E-state index contributed by atoms with van der Waals surface area (Å²) in [6.45, 7) is 5.89. The molecule has 0 spiro atoms. The van der Waals surface area contributed by atoms with Gasteiger partial charge >= 0.3 is 38.7 Å². The van der Waals surface area contributed by atoms with Gasteiger partial charge in [0, 0.05) is 20.1 Å². The van der Waals surface area contributed by atoms with E-state index in [1.807, 2.05) is 0 Å². The number of rotatable bonds is 1. The molecule has 1 rings (SSSR count). The Kier molecular flexibility index (Phi) is 7.54. The summed E-state index contributed by atoms with van der Waals surface area (Å²) in [4.78, 5) is 14.4. The monoisotopic (exact) mass is 231 g/mol. The van der Waals surface area contributed by atoms with Crippen molar-refractivity contribution in [1.82, 2.24) is 9.80 Å². The van der Waals surface area contributed by atoms with Crippen molar-refractivity contribution in [2.75, 3.05) is 26.7 Å². The summed E-state index contributed by atoms with van der Waals surface area (Å²) in [5, 5.41) is 0. The minimum absolute atomic E-state index is 0. The molecule has 0 saturated carbocycles. The smallest absolute Gasteiger partial charge is 0.358 e. The maximum Gasteiger partial charge on any atom is 3.00 e. The second-order valence-corrected chi connectivity index (χ2v) is 2.19. The Morgan fingerprint density at radius 2 is 2.09 bits per heavy atom. The minimum atomic E-state index is 0. The number of amides is 2. The quantitative estimate of drug-likeness (QED) is 0.607. The fraction of sp³-hybridized carbons (Fsp3) is 0.571. The van der Waals surface area contributed by atoms with Gasteiger partial charge in [-0.1, -0.05) is 0 Å². The van der Waals surface area contributed by atoms with E-state index < -0.39 is 0 Å². The molecule has 1 heterocycles. The largest absolute Gasteiger partial charge is 3.00 e. The van der Waals surface area contributed by atoms with Gasteiger partial charge in [-0.25, -0.2) is 4.79 Å². The first-order valence-electron chi connectivity index (χ1n) is 3.05. The molecule has 4 heteroatoms. The molecule has 0 unspecified atom stereocenters. The predicted octanol–water partition coefficient (Wildman–Crippen LogP) is 0.636. The number of carbonyl (C=O) groups is 1. The van der Waals surface area contributed by atoms with Crippen LogP contribution in [0.3, 0.4) is 0 Å². The van der Waals surface area contributed by atoms with Crippen LogP contribution in [0.2, 0.25) is 0 Å². The maximum atomic E-state index is 10.9. The molecule has 0 radical (unpaired) electrons. The third-order valence-electron chi connectivity index (χ3n) is 1.57. The van der Waals surface area contributed by atoms with Crippen LogP contribution in [-0.2, 0) is 32.7 Å². The third-order valence-corrected chi connectivity index (χ3v) is 1.57. The van der Waals surface area contributed by atoms with Crippen molar-refractivity contribution in [3.8, 4) is 0 Å². The van der Waals surface area contributed by atoms with Crippen molar-refractivity contribution < 1.29 is 37.5 Å². The zero-order chi connectivity index (χ0) is 6.85. The molecule has 1 aliphatic rings. The molecule has 0 atom stereocenters. The first-order valence-corrected chi connectivity index (χ1v) is 3.05. The molecule has 2 amide bonds. The Balaban J connectivity index is 0. The summed E-state index contributed by atoms with van der Waals surface area (Å²) in [6.07, 6.45) is 0. The van der Waals surface area contributed by atoms with Crippen molar-refractivity contribution in [2.24, 2.45) is 0 Å². The van der Waals surface area contributed by atoms with Crippen LogP contribution < -0.4 is 0 Å². The molecule has 11 heavy (non-hydrogen) atoms. The van der Waals surface area contributed by atoms with Gasteiger partial charge in [-0.3, -0.25) is 0 Å². The average Bonchev–Trinajstić information content (AvgIpc) is 2.15. The zero-order valence-corrected chi connectivity index (χ0v) is 10.0. The van der Waals surface area contributed by atoms with E-state index in [9.17, 15) is 4.79 Å². The summed E-state index contributed by atoms with van der Waals surface area (Å²) in [5.74, 6) is 0. The Bertz CT molecular complexity index is 130. The van der Waals surface area contributed by atoms with Gasteiger partial charge in [-0.2, -0.15) is 0 Å². The second-order valence-electron chi connectivity index (χ2n) is 2.19. The maximum absolute atomic E-state index is 10.9. The van der Waals surface area contributed by atoms with Crippen LogP contribution in [0.5, 0.6) is 0 Å². The van der Waals surface area contributed by atoms with Crippen LogP contribution >= 0.6 is 0 Å². The van der Waals surface area contributed by atoms with E-state index in [-0.39, 0.29) is 46.2 Å². The van der Waals surface area contributed by atoms with Crippen LogP contribution in [-0.4, -0.2) is 42.5 Å². The van der Waals surface area contributed by atoms with Gasteiger partial charge in [0.25, 0.3) is 0 Å². The van der Waals surface area contributed by atoms with E-state index in [2.05, 4.69) is 6.92 Å². The molecule has 0 aromatic rings. The molecule has 3 nitrogen and oxygen atoms in total. The average molecular weight is 231 g/mol. The summed E-state index contributed by atoms with van der Waals surface area (Å²) in [7, 11) is 1.80. The molecular formula is C7H14N2OY+. The molecule has 1 saturated heterocycles. The molecule has 0 aliphatic carbocycles. The first-order chi connectivity index (χ1) is 4.25. The van der Waals surface area contributed by atoms with E-state index in [0.717, 1.165) is 13.1 Å². The van der Waals surface area contributed by atoms with Gasteiger partial charge < -0.3 is 24.2 Å². The van der Waals surface area contributed by atoms with E-state index in [0.29, 0.717) is 6.54 Å². The topological polar surface area (TPSA) is 23.6 Å². The Labute approximate surface area is 94.0 Å². The second kappa shape index (κ2) is 5.95. The van der Waals surface area contributed by atoms with Crippen molar-refractivity contribution in [1.29, 1.82) is 0 Å². The van der Waals surface area contributed by atoms with Crippen LogP contribution in [0.1, 0.15) is 0 Å². The number of urea groups is 1. The van der Waals surface area contributed by atoms with E-state index in [1.165, 1.54) is 0 Å². The van der Waals surface area contributed by atoms with Crippen molar-refractivity contribution in [3.63, 3.8) is 0 Å². The van der Waals surface area contributed by atoms with Crippen LogP contribution in [0.25, 0.3) is 0 Å². The van der Waals surface area contributed by atoms with Crippen LogP contribution in [0.15, 0.2) is 0 Å². The molecule has 0 aromatic heterocycles. The van der Waals surface area contributed by atoms with E-state index >= 15 is 0 Å². The number of likely N-dealkylation sites (N-methyl/N-ethyl adjacent to an activating group) is 1. The molecule has 1 aliphatic heterocycles. The third kappa shape index (κ3) is 3.08. The van der Waals surface area contributed by atoms with Crippen molar-refractivity contribution in [3.05, 3.63) is 14.4 Å². The van der Waals surface area contributed by atoms with Gasteiger partial charge in [0.15, 0.2) is 0 Å². The standard InChI is InChI=1S/C6H11N2O.CH3.Y/c1-3-8-5-4-7(2)6(8)9;;/h1,3-5H2,2H3;1H3;/q2*-1;+3. The van der Waals surface area contributed by atoms with Gasteiger partial charge in [0.05, 0.1) is 0 Å². The molecule has 0 bridgehead atoms. The van der Waals surface area contributed by atoms with E-state index in [1.54, 1.807) is 16.8 Å². The molecular weight excluding hydrogens is 217 g/mol. The molecule has 0 aromatic carbocycles. The minimum Gasteiger partial charge on any atom is -0.358 e. The van der Waals surface area contributed by atoms with E-state index in [4.69, 9.17) is 0 Å². The van der Waals surface area contributed by atoms with Gasteiger partial charge in [-0.05, 0) is 0 Å². The number of nitrogens with zero attached hydrogens (tertiary/aromatic N) is 2. The summed E-state index contributed by atoms with van der Waals surface area (Å²) < 4.78 is 0. The van der Waals surface area contributed by atoms with Crippen LogP contribution in [0, 0.1) is 14.4 Å². The summed E-state index contributed by atoms with van der Waals surface area (Å²) in [5.41, 5.74) is 0. The Morgan fingerprint density at radius 1 is 1.55 bits per heavy atom. The SMILES string of the molecule is [CH2-]CN1CCN(C)C1=O.[CH3-].[Y+3]. The molecule has 60 valence electrons. The number of hydrogen-bond acceptors (Lipinski definition) is 1. The Hall–Kier alpha value is 0.374. The number of carbonyl (C=O) groups excluding carboxylic acids is 1. The number of hydrogen-bond donors (Lipinski definition) is 0. The first kappa shape index (κ1) is 13.9. The summed E-state index contributed by atoms with van der Waals surface area (Å²) >= 11 is 0. The predicted molar refractivity (Wildman–Crippen MR) is 41.4 cm³/mol. The molecule has 0 N–H and O–H groups in total. The fourth-order valence-electron chi connectivity index (χ4n) is 0.911. The van der Waals surface area contributed by atoms with Crippen molar-refractivity contribution >= 4 is 6.03 Å². The van der Waals surface area contributed by atoms with Crippen LogP contribution in [0.4, 0.5) is 4.79 Å². The molecule has 1 fully saturated rings. The Morgan fingerprint density at radius 3 is 2.27 bits per heavy atom. The summed E-state index contributed by atoms with van der Waals surface area (Å²) in [6, 6.07) is 0.102. The van der Waals surface area contributed by atoms with Gasteiger partial charge in [0.2, 0.25) is 0 Å². The zero-order valence-electron chi connectivity index (χ0n) is 7.21. The fourth-order valence-corrected chi connectivity index (χ4v) is 0.911. The van der Waals surface area contributed by atoms with Gasteiger partial charge in [-0.15, -0.1) is 6.54 Å². The van der Waals surface area contributed by atoms with Crippen molar-refractivity contribution in [2.45, 2.75) is 0 Å². The normalized spacial score (nSPS) is 16.0.